The molecule has 0 radical (unpaired) electrons. The van der Waals surface area contributed by atoms with E-state index >= 15 is 0 Å². The number of aromatic nitrogens is 2. The van der Waals surface area contributed by atoms with Gasteiger partial charge in [0.2, 0.25) is 5.95 Å². The molecule has 1 aliphatic carbocycles. The lowest BCUT2D eigenvalue weighted by Gasteiger charge is -2.39. The summed E-state index contributed by atoms with van der Waals surface area (Å²) < 4.78 is 0. The molecule has 0 bridgehead atoms. The number of benzene rings is 1. The van der Waals surface area contributed by atoms with Gasteiger partial charge in [0.15, 0.2) is 0 Å². The molecule has 2 aliphatic rings. The predicted octanol–water partition coefficient (Wildman–Crippen LogP) is 3.78. The predicted molar refractivity (Wildman–Crippen MR) is 102 cm³/mol. The van der Waals surface area contributed by atoms with Crippen molar-refractivity contribution in [2.24, 2.45) is 0 Å². The van der Waals surface area contributed by atoms with Crippen molar-refractivity contribution in [1.29, 1.82) is 0 Å². The Morgan fingerprint density at radius 3 is 2.68 bits per heavy atom. The third-order valence-corrected chi connectivity index (χ3v) is 5.89. The molecule has 1 fully saturated rings. The van der Waals surface area contributed by atoms with Gasteiger partial charge >= 0.3 is 0 Å². The van der Waals surface area contributed by atoms with E-state index in [1.54, 1.807) is 0 Å². The summed E-state index contributed by atoms with van der Waals surface area (Å²) in [5, 5.41) is 3.41. The first-order chi connectivity index (χ1) is 12.3. The number of rotatable bonds is 5. The number of hydrogen-bond acceptors (Lipinski definition) is 4. The van der Waals surface area contributed by atoms with Gasteiger partial charge in [0.05, 0.1) is 5.69 Å². The molecule has 0 amide bonds. The molecule has 1 aromatic carbocycles. The summed E-state index contributed by atoms with van der Waals surface area (Å²) in [5.74, 6) is 0.778. The molecule has 2 heterocycles. The number of hydrogen-bond donors (Lipinski definition) is 1. The topological polar surface area (TPSA) is 41.1 Å². The SMILES string of the molecule is CCCN1CCC2(CCc3cnc(NCc4ccccc4)nc32)CC1. The van der Waals surface area contributed by atoms with Gasteiger partial charge < -0.3 is 10.2 Å². The normalized spacial score (nSPS) is 19.1. The number of fused-ring (bicyclic) bond motifs is 2. The van der Waals surface area contributed by atoms with Crippen molar-refractivity contribution in [3.05, 3.63) is 53.3 Å². The van der Waals surface area contributed by atoms with Gasteiger partial charge in [-0.05, 0) is 62.9 Å². The third kappa shape index (κ3) is 3.40. The Bertz CT molecular complexity index is 705. The van der Waals surface area contributed by atoms with Crippen LogP contribution in [-0.2, 0) is 18.4 Å². The third-order valence-electron chi connectivity index (χ3n) is 5.89. The Morgan fingerprint density at radius 2 is 1.92 bits per heavy atom. The number of piperidine rings is 1. The molecule has 4 heteroatoms. The minimum atomic E-state index is 0.297. The van der Waals surface area contributed by atoms with Gasteiger partial charge in [0.1, 0.15) is 0 Å². The first-order valence-electron chi connectivity index (χ1n) is 9.66. The van der Waals surface area contributed by atoms with Crippen LogP contribution in [0.25, 0.3) is 0 Å². The summed E-state index contributed by atoms with van der Waals surface area (Å²) in [6, 6.07) is 10.4. The van der Waals surface area contributed by atoms with E-state index in [0.717, 1.165) is 18.9 Å². The number of nitrogens with zero attached hydrogens (tertiary/aromatic N) is 3. The minimum absolute atomic E-state index is 0.297. The molecule has 1 N–H and O–H groups in total. The molecule has 1 saturated heterocycles. The average Bonchev–Trinajstić information content (AvgIpc) is 3.01. The van der Waals surface area contributed by atoms with Gasteiger partial charge in [-0.15, -0.1) is 0 Å². The highest BCUT2D eigenvalue weighted by atomic mass is 15.1. The molecule has 25 heavy (non-hydrogen) atoms. The van der Waals surface area contributed by atoms with E-state index in [9.17, 15) is 0 Å². The maximum Gasteiger partial charge on any atom is 0.223 e. The maximum atomic E-state index is 4.98. The van der Waals surface area contributed by atoms with E-state index in [1.165, 1.54) is 62.1 Å². The van der Waals surface area contributed by atoms with Crippen molar-refractivity contribution in [1.82, 2.24) is 14.9 Å². The minimum Gasteiger partial charge on any atom is -0.350 e. The van der Waals surface area contributed by atoms with E-state index < -0.39 is 0 Å². The summed E-state index contributed by atoms with van der Waals surface area (Å²) in [4.78, 5) is 12.1. The summed E-state index contributed by atoms with van der Waals surface area (Å²) >= 11 is 0. The van der Waals surface area contributed by atoms with E-state index in [0.29, 0.717) is 5.41 Å². The summed E-state index contributed by atoms with van der Waals surface area (Å²) in [6.07, 6.45) is 8.19. The Labute approximate surface area is 150 Å². The van der Waals surface area contributed by atoms with Crippen molar-refractivity contribution >= 4 is 5.95 Å². The fraction of sp³-hybridized carbons (Fsp3) is 0.524. The molecule has 2 aromatic rings. The van der Waals surface area contributed by atoms with E-state index in [4.69, 9.17) is 4.98 Å². The number of aryl methyl sites for hydroxylation is 1. The highest BCUT2D eigenvalue weighted by molar-refractivity contribution is 5.39. The maximum absolute atomic E-state index is 4.98. The van der Waals surface area contributed by atoms with Crippen LogP contribution in [0, 0.1) is 0 Å². The lowest BCUT2D eigenvalue weighted by Crippen LogP contribution is -2.42. The quantitative estimate of drug-likeness (QED) is 0.902. The van der Waals surface area contributed by atoms with Gasteiger partial charge in [-0.3, -0.25) is 0 Å². The monoisotopic (exact) mass is 336 g/mol. The van der Waals surface area contributed by atoms with E-state index in [2.05, 4.69) is 52.6 Å². The van der Waals surface area contributed by atoms with Crippen LogP contribution in [0.3, 0.4) is 0 Å². The van der Waals surface area contributed by atoms with Crippen molar-refractivity contribution in [2.75, 3.05) is 25.0 Å². The van der Waals surface area contributed by atoms with E-state index in [1.807, 2.05) is 6.07 Å². The molecule has 0 unspecified atom stereocenters. The number of anilines is 1. The van der Waals surface area contributed by atoms with Crippen LogP contribution in [0.4, 0.5) is 5.95 Å². The fourth-order valence-corrected chi connectivity index (χ4v) is 4.41. The van der Waals surface area contributed by atoms with Crippen molar-refractivity contribution in [3.8, 4) is 0 Å². The van der Waals surface area contributed by atoms with Crippen molar-refractivity contribution in [2.45, 2.75) is 51.0 Å². The van der Waals surface area contributed by atoms with Crippen LogP contribution in [0.2, 0.25) is 0 Å². The van der Waals surface area contributed by atoms with Gasteiger partial charge in [-0.25, -0.2) is 9.97 Å². The smallest absolute Gasteiger partial charge is 0.223 e. The van der Waals surface area contributed by atoms with Gasteiger partial charge in [0, 0.05) is 18.2 Å². The Hall–Kier alpha value is -1.94. The van der Waals surface area contributed by atoms with Crippen LogP contribution in [0.1, 0.15) is 49.4 Å². The van der Waals surface area contributed by atoms with Crippen molar-refractivity contribution in [3.63, 3.8) is 0 Å². The average molecular weight is 336 g/mol. The molecule has 132 valence electrons. The molecule has 1 spiro atoms. The van der Waals surface area contributed by atoms with Crippen LogP contribution in [-0.4, -0.2) is 34.5 Å². The molecule has 0 atom stereocenters. The van der Waals surface area contributed by atoms with Gasteiger partial charge in [0.25, 0.3) is 0 Å². The van der Waals surface area contributed by atoms with Gasteiger partial charge in [-0.2, -0.15) is 0 Å². The Balaban J connectivity index is 1.48. The first-order valence-corrected chi connectivity index (χ1v) is 9.66. The molecule has 0 saturated carbocycles. The van der Waals surface area contributed by atoms with Crippen LogP contribution >= 0.6 is 0 Å². The second kappa shape index (κ2) is 7.12. The molecular formula is C21H28N4. The number of nitrogens with one attached hydrogen (secondary N) is 1. The largest absolute Gasteiger partial charge is 0.350 e. The first kappa shape index (κ1) is 16.5. The zero-order valence-electron chi connectivity index (χ0n) is 15.2. The number of likely N-dealkylation sites (tertiary alicyclic amines) is 1. The van der Waals surface area contributed by atoms with Crippen molar-refractivity contribution < 1.29 is 0 Å². The Morgan fingerprint density at radius 1 is 1.12 bits per heavy atom. The second-order valence-corrected chi connectivity index (χ2v) is 7.53. The fourth-order valence-electron chi connectivity index (χ4n) is 4.41. The molecule has 1 aromatic heterocycles. The van der Waals surface area contributed by atoms with E-state index in [-0.39, 0.29) is 0 Å². The van der Waals surface area contributed by atoms with Crippen LogP contribution in [0.15, 0.2) is 36.5 Å². The zero-order valence-corrected chi connectivity index (χ0v) is 15.2. The highest BCUT2D eigenvalue weighted by Crippen LogP contribution is 2.45. The summed E-state index contributed by atoms with van der Waals surface area (Å²) in [7, 11) is 0. The van der Waals surface area contributed by atoms with Gasteiger partial charge in [-0.1, -0.05) is 37.3 Å². The summed E-state index contributed by atoms with van der Waals surface area (Å²) in [6.45, 7) is 6.70. The lowest BCUT2D eigenvalue weighted by atomic mass is 9.76. The highest BCUT2D eigenvalue weighted by Gasteiger charge is 2.42. The molecule has 4 rings (SSSR count). The van der Waals surface area contributed by atoms with Crippen LogP contribution < -0.4 is 5.32 Å². The standard InChI is InChI=1S/C21H28N4/c1-2-12-25-13-10-21(11-14-25)9-8-18-16-23-20(24-19(18)21)22-15-17-6-4-3-5-7-17/h3-7,16H,2,8-15H2,1H3,(H,22,23,24). The summed E-state index contributed by atoms with van der Waals surface area (Å²) in [5.41, 5.74) is 4.25. The second-order valence-electron chi connectivity index (χ2n) is 7.53. The van der Waals surface area contributed by atoms with Crippen LogP contribution in [0.5, 0.6) is 0 Å². The lowest BCUT2D eigenvalue weighted by molar-refractivity contribution is 0.156. The molecule has 1 aliphatic heterocycles. The Kier molecular flexibility index (Phi) is 4.71. The zero-order chi connectivity index (χ0) is 17.1. The molecule has 4 nitrogen and oxygen atoms in total. The molecular weight excluding hydrogens is 308 g/mol.